The Morgan fingerprint density at radius 3 is 2.38 bits per heavy atom. The van der Waals surface area contributed by atoms with Crippen LogP contribution in [0.5, 0.6) is 17.2 Å². The number of fused-ring (bicyclic) bond motifs is 1. The monoisotopic (exact) mass is 453 g/mol. The van der Waals surface area contributed by atoms with Crippen LogP contribution in [0.25, 0.3) is 0 Å². The molecule has 1 aliphatic heterocycles. The van der Waals surface area contributed by atoms with Crippen molar-refractivity contribution in [2.45, 2.75) is 22.7 Å². The molecule has 0 radical (unpaired) electrons. The Kier molecular flexibility index (Phi) is 5.40. The maximum Gasteiger partial charge on any atom is 0.573 e. The van der Waals surface area contributed by atoms with Gasteiger partial charge in [0.25, 0.3) is 0 Å². The Balaban J connectivity index is 1.86. The summed E-state index contributed by atoms with van der Waals surface area (Å²) in [6, 6.07) is 6.82. The number of alkyl halides is 3. The Morgan fingerprint density at radius 1 is 1.03 bits per heavy atom. The second-order valence-corrected chi connectivity index (χ2v) is 9.69. The van der Waals surface area contributed by atoms with E-state index in [1.807, 2.05) is 0 Å². The molecule has 0 saturated carbocycles. The molecule has 8 nitrogen and oxygen atoms in total. The molecule has 0 amide bonds. The Morgan fingerprint density at radius 2 is 1.72 bits per heavy atom. The van der Waals surface area contributed by atoms with Gasteiger partial charge in [0.05, 0.1) is 4.90 Å². The molecule has 1 aliphatic rings. The van der Waals surface area contributed by atoms with Crippen LogP contribution >= 0.6 is 0 Å². The van der Waals surface area contributed by atoms with E-state index in [1.165, 1.54) is 0 Å². The lowest BCUT2D eigenvalue weighted by molar-refractivity contribution is -0.275. The second kappa shape index (κ2) is 7.39. The molecule has 0 bridgehead atoms. The number of hydrogen-bond acceptors (Lipinski definition) is 7. The van der Waals surface area contributed by atoms with Crippen LogP contribution in [0, 0.1) is 0 Å². The number of sulfone groups is 1. The number of hydrogen-bond donors (Lipinski definition) is 1. The fourth-order valence-electron chi connectivity index (χ4n) is 2.47. The summed E-state index contributed by atoms with van der Waals surface area (Å²) in [4.78, 5) is -1.44. The molecule has 0 aliphatic carbocycles. The predicted octanol–water partition coefficient (Wildman–Crippen LogP) is 2.20. The van der Waals surface area contributed by atoms with Gasteiger partial charge in [-0.25, -0.2) is 21.6 Å². The molecule has 2 aromatic carbocycles. The van der Waals surface area contributed by atoms with Crippen molar-refractivity contribution in [3.8, 4) is 17.2 Å². The number of halogens is 3. The van der Waals surface area contributed by atoms with E-state index in [9.17, 15) is 30.0 Å². The molecule has 158 valence electrons. The molecule has 0 fully saturated rings. The van der Waals surface area contributed by atoms with Crippen molar-refractivity contribution in [3.05, 3.63) is 42.0 Å². The quantitative estimate of drug-likeness (QED) is 0.714. The molecular formula is C16H14F3NO7S2. The Hall–Kier alpha value is -2.51. The van der Waals surface area contributed by atoms with Crippen LogP contribution in [0.2, 0.25) is 0 Å². The molecule has 1 N–H and O–H groups in total. The largest absolute Gasteiger partial charge is 0.573 e. The van der Waals surface area contributed by atoms with Gasteiger partial charge < -0.3 is 14.2 Å². The highest BCUT2D eigenvalue weighted by Crippen LogP contribution is 2.33. The lowest BCUT2D eigenvalue weighted by Gasteiger charge is -2.14. The lowest BCUT2D eigenvalue weighted by atomic mass is 10.2. The highest BCUT2D eigenvalue weighted by molar-refractivity contribution is 7.91. The summed E-state index contributed by atoms with van der Waals surface area (Å²) in [5.74, 6) is -0.0703. The molecule has 0 aromatic heterocycles. The fourth-order valence-corrected chi connectivity index (χ4v) is 4.40. The van der Waals surface area contributed by atoms with E-state index in [2.05, 4.69) is 9.46 Å². The van der Waals surface area contributed by atoms with Crippen LogP contribution in [0.15, 0.2) is 46.2 Å². The van der Waals surface area contributed by atoms with Gasteiger partial charge in [-0.1, -0.05) is 6.07 Å². The lowest BCUT2D eigenvalue weighted by Crippen LogP contribution is -2.24. The molecule has 0 atom stereocenters. The Labute approximate surface area is 164 Å². The molecule has 2 aromatic rings. The fraction of sp³-hybridized carbons (Fsp3) is 0.250. The third-order valence-electron chi connectivity index (χ3n) is 3.75. The summed E-state index contributed by atoms with van der Waals surface area (Å²) in [7, 11) is -8.45. The van der Waals surface area contributed by atoms with Crippen molar-refractivity contribution >= 4 is 19.9 Å². The van der Waals surface area contributed by atoms with E-state index in [1.54, 1.807) is 18.2 Å². The summed E-state index contributed by atoms with van der Waals surface area (Å²) in [6.45, 7) is -0.126. The average Bonchev–Trinajstić information content (AvgIpc) is 3.05. The van der Waals surface area contributed by atoms with Crippen molar-refractivity contribution in [1.29, 1.82) is 0 Å². The van der Waals surface area contributed by atoms with Crippen LogP contribution in [-0.4, -0.2) is 36.2 Å². The molecule has 3 rings (SSSR count). The van der Waals surface area contributed by atoms with Crippen molar-refractivity contribution in [3.63, 3.8) is 0 Å². The van der Waals surface area contributed by atoms with Crippen molar-refractivity contribution in [2.24, 2.45) is 0 Å². The zero-order chi connectivity index (χ0) is 21.4. The van der Waals surface area contributed by atoms with Gasteiger partial charge >= 0.3 is 6.36 Å². The number of benzene rings is 2. The van der Waals surface area contributed by atoms with Crippen LogP contribution in [0.4, 0.5) is 13.2 Å². The van der Waals surface area contributed by atoms with Crippen LogP contribution in [-0.2, 0) is 26.4 Å². The van der Waals surface area contributed by atoms with Crippen molar-refractivity contribution < 1.29 is 44.2 Å². The molecule has 29 heavy (non-hydrogen) atoms. The first-order valence-corrected chi connectivity index (χ1v) is 11.2. The second-order valence-electron chi connectivity index (χ2n) is 5.94. The van der Waals surface area contributed by atoms with Gasteiger partial charge in [-0.2, -0.15) is 0 Å². The third kappa shape index (κ3) is 5.10. The van der Waals surface area contributed by atoms with Gasteiger partial charge in [0.15, 0.2) is 21.3 Å². The minimum Gasteiger partial charge on any atom is -0.454 e. The normalized spacial score (nSPS) is 14.1. The van der Waals surface area contributed by atoms with Gasteiger partial charge in [-0.05, 0) is 35.9 Å². The van der Waals surface area contributed by atoms with Crippen LogP contribution < -0.4 is 18.9 Å². The molecule has 0 saturated heterocycles. The number of sulfonamides is 1. The van der Waals surface area contributed by atoms with Crippen molar-refractivity contribution in [1.82, 2.24) is 4.72 Å². The standard InChI is InChI=1S/C16H14F3NO7S2/c1-28(21,22)15-7-11(3-5-13(15)27-16(17,18)19)29(23,24)20-8-10-2-4-12-14(6-10)26-9-25-12/h2-7,20H,8-9H2,1H3. The summed E-state index contributed by atoms with van der Waals surface area (Å²) >= 11 is 0. The molecule has 13 heteroatoms. The first kappa shape index (κ1) is 21.2. The van der Waals surface area contributed by atoms with E-state index in [-0.39, 0.29) is 13.3 Å². The highest BCUT2D eigenvalue weighted by Gasteiger charge is 2.34. The van der Waals surface area contributed by atoms with Gasteiger partial charge in [-0.15, -0.1) is 13.2 Å². The summed E-state index contributed by atoms with van der Waals surface area (Å²) < 4.78 is 102. The minimum atomic E-state index is -5.14. The first-order chi connectivity index (χ1) is 13.4. The van der Waals surface area contributed by atoms with Crippen molar-refractivity contribution in [2.75, 3.05) is 13.0 Å². The number of rotatable bonds is 6. The molecule has 0 spiro atoms. The van der Waals surface area contributed by atoms with Gasteiger partial charge in [-0.3, -0.25) is 0 Å². The van der Waals surface area contributed by atoms with E-state index in [0.717, 1.165) is 6.07 Å². The molecular weight excluding hydrogens is 439 g/mol. The molecule has 0 unspecified atom stereocenters. The van der Waals surface area contributed by atoms with E-state index in [0.29, 0.717) is 35.5 Å². The van der Waals surface area contributed by atoms with E-state index >= 15 is 0 Å². The third-order valence-corrected chi connectivity index (χ3v) is 6.27. The van der Waals surface area contributed by atoms with Gasteiger partial charge in [0.2, 0.25) is 16.8 Å². The minimum absolute atomic E-state index is 0.0468. The van der Waals surface area contributed by atoms with Crippen LogP contribution in [0.1, 0.15) is 5.56 Å². The van der Waals surface area contributed by atoms with E-state index < -0.39 is 41.8 Å². The summed E-state index contributed by atoms with van der Waals surface area (Å²) in [5, 5.41) is 0. The number of ether oxygens (including phenoxy) is 3. The van der Waals surface area contributed by atoms with Gasteiger partial charge in [0.1, 0.15) is 10.6 Å². The maximum absolute atomic E-state index is 12.5. The molecule has 1 heterocycles. The SMILES string of the molecule is CS(=O)(=O)c1cc(S(=O)(=O)NCc2ccc3c(c2)OCO3)ccc1OC(F)(F)F. The van der Waals surface area contributed by atoms with Crippen LogP contribution in [0.3, 0.4) is 0 Å². The predicted molar refractivity (Wildman–Crippen MR) is 92.8 cm³/mol. The zero-order valence-electron chi connectivity index (χ0n) is 14.7. The summed E-state index contributed by atoms with van der Waals surface area (Å²) in [6.07, 6.45) is -4.50. The highest BCUT2D eigenvalue weighted by atomic mass is 32.2. The number of nitrogens with one attached hydrogen (secondary N) is 1. The first-order valence-electron chi connectivity index (χ1n) is 7.83. The Bertz CT molecular complexity index is 1150. The summed E-state index contributed by atoms with van der Waals surface area (Å²) in [5.41, 5.74) is 0.526. The topological polar surface area (TPSA) is 108 Å². The van der Waals surface area contributed by atoms with Gasteiger partial charge in [0, 0.05) is 12.8 Å². The average molecular weight is 453 g/mol. The zero-order valence-corrected chi connectivity index (χ0v) is 16.3. The smallest absolute Gasteiger partial charge is 0.454 e. The maximum atomic E-state index is 12.5. The van der Waals surface area contributed by atoms with E-state index in [4.69, 9.17) is 9.47 Å².